The molecule has 0 aliphatic heterocycles. The molecule has 1 aromatic heterocycles. The van der Waals surface area contributed by atoms with Crippen molar-refractivity contribution in [2.45, 2.75) is 6.42 Å². The maximum atomic E-state index is 5.25. The summed E-state index contributed by atoms with van der Waals surface area (Å²) in [7, 11) is 1.69. The van der Waals surface area contributed by atoms with E-state index in [1.54, 1.807) is 7.05 Å². The fourth-order valence-corrected chi connectivity index (χ4v) is 0.679. The lowest BCUT2D eigenvalue weighted by molar-refractivity contribution is 0.628. The Morgan fingerprint density at radius 1 is 1.80 bits per heavy atom. The molecule has 0 bridgehead atoms. The molecule has 10 heavy (non-hydrogen) atoms. The first-order valence-electron chi connectivity index (χ1n) is 2.69. The monoisotopic (exact) mass is 157 g/mol. The second-order valence-electron chi connectivity index (χ2n) is 1.84. The number of tetrazole rings is 1. The number of hydrogen-bond acceptors (Lipinski definition) is 4. The van der Waals surface area contributed by atoms with Crippen molar-refractivity contribution in [3.05, 3.63) is 5.82 Å². The number of nitrogens with two attached hydrogens (primary N) is 1. The van der Waals surface area contributed by atoms with Gasteiger partial charge in [-0.05, 0) is 5.21 Å². The van der Waals surface area contributed by atoms with Crippen molar-refractivity contribution < 1.29 is 0 Å². The Labute approximate surface area is 63.2 Å². The van der Waals surface area contributed by atoms with Crippen molar-refractivity contribution >= 4 is 17.2 Å². The standard InChI is InChI=1S/C4H7N5S/c1-9-7-4(6-8-9)2-3(5)10/h2H2,1H3,(H2,5,10). The van der Waals surface area contributed by atoms with E-state index in [1.807, 2.05) is 0 Å². The molecule has 0 saturated heterocycles. The highest BCUT2D eigenvalue weighted by molar-refractivity contribution is 7.80. The van der Waals surface area contributed by atoms with Gasteiger partial charge >= 0.3 is 0 Å². The molecule has 0 amide bonds. The molecule has 0 spiro atoms. The molecule has 0 aliphatic rings. The Kier molecular flexibility index (Phi) is 1.91. The van der Waals surface area contributed by atoms with Gasteiger partial charge in [0.25, 0.3) is 0 Å². The molecule has 54 valence electrons. The van der Waals surface area contributed by atoms with E-state index in [4.69, 9.17) is 5.73 Å². The van der Waals surface area contributed by atoms with Gasteiger partial charge < -0.3 is 5.73 Å². The summed E-state index contributed by atoms with van der Waals surface area (Å²) < 4.78 is 0. The fraction of sp³-hybridized carbons (Fsp3) is 0.500. The van der Waals surface area contributed by atoms with Crippen LogP contribution in [0.15, 0.2) is 0 Å². The summed E-state index contributed by atoms with van der Waals surface area (Å²) in [5.74, 6) is 0.565. The van der Waals surface area contributed by atoms with Crippen LogP contribution in [0.1, 0.15) is 5.82 Å². The predicted molar refractivity (Wildman–Crippen MR) is 39.3 cm³/mol. The third-order valence-electron chi connectivity index (χ3n) is 0.882. The lowest BCUT2D eigenvalue weighted by Gasteiger charge is -1.86. The van der Waals surface area contributed by atoms with E-state index in [2.05, 4.69) is 27.6 Å². The lowest BCUT2D eigenvalue weighted by atomic mass is 10.4. The highest BCUT2D eigenvalue weighted by Crippen LogP contribution is 1.85. The molecule has 5 nitrogen and oxygen atoms in total. The second-order valence-corrected chi connectivity index (χ2v) is 2.36. The van der Waals surface area contributed by atoms with Crippen molar-refractivity contribution in [1.29, 1.82) is 0 Å². The van der Waals surface area contributed by atoms with Crippen molar-refractivity contribution in [2.75, 3.05) is 0 Å². The fourth-order valence-electron chi connectivity index (χ4n) is 0.550. The summed E-state index contributed by atoms with van der Waals surface area (Å²) in [6.07, 6.45) is 0.420. The summed E-state index contributed by atoms with van der Waals surface area (Å²) in [6.45, 7) is 0. The van der Waals surface area contributed by atoms with E-state index < -0.39 is 0 Å². The summed E-state index contributed by atoms with van der Waals surface area (Å²) >= 11 is 4.65. The zero-order valence-corrected chi connectivity index (χ0v) is 6.30. The first-order valence-corrected chi connectivity index (χ1v) is 3.10. The van der Waals surface area contributed by atoms with Crippen LogP contribution in [0.4, 0.5) is 0 Å². The number of thiocarbonyl (C=S) groups is 1. The van der Waals surface area contributed by atoms with Crippen molar-refractivity contribution in [3.8, 4) is 0 Å². The van der Waals surface area contributed by atoms with E-state index >= 15 is 0 Å². The minimum atomic E-state index is 0.382. The van der Waals surface area contributed by atoms with Crippen molar-refractivity contribution in [3.63, 3.8) is 0 Å². The third-order valence-corrected chi connectivity index (χ3v) is 1.03. The van der Waals surface area contributed by atoms with Gasteiger partial charge in [-0.15, -0.1) is 10.2 Å². The summed E-state index contributed by atoms with van der Waals surface area (Å²) in [5, 5.41) is 11.2. The van der Waals surface area contributed by atoms with Crippen LogP contribution >= 0.6 is 12.2 Å². The van der Waals surface area contributed by atoms with Gasteiger partial charge in [0.1, 0.15) is 0 Å². The van der Waals surface area contributed by atoms with E-state index in [0.29, 0.717) is 17.2 Å². The number of nitrogens with zero attached hydrogens (tertiary/aromatic N) is 4. The molecule has 2 N–H and O–H groups in total. The van der Waals surface area contributed by atoms with Crippen molar-refractivity contribution in [1.82, 2.24) is 20.2 Å². The van der Waals surface area contributed by atoms with Crippen LogP contribution in [0.5, 0.6) is 0 Å². The molecule has 0 aromatic carbocycles. The maximum Gasteiger partial charge on any atom is 0.181 e. The molecule has 1 rings (SSSR count). The predicted octanol–water partition coefficient (Wildman–Crippen LogP) is -0.961. The van der Waals surface area contributed by atoms with E-state index in [-0.39, 0.29) is 0 Å². The van der Waals surface area contributed by atoms with Crippen LogP contribution in [-0.2, 0) is 13.5 Å². The molecule has 0 unspecified atom stereocenters. The highest BCUT2D eigenvalue weighted by Gasteiger charge is 1.99. The number of hydrogen-bond donors (Lipinski definition) is 1. The summed E-state index contributed by atoms with van der Waals surface area (Å²) in [6, 6.07) is 0. The van der Waals surface area contributed by atoms with Crippen LogP contribution in [0.3, 0.4) is 0 Å². The first-order chi connectivity index (χ1) is 4.68. The molecule has 6 heteroatoms. The zero-order chi connectivity index (χ0) is 7.56. The van der Waals surface area contributed by atoms with Gasteiger partial charge in [0, 0.05) is 0 Å². The van der Waals surface area contributed by atoms with Crippen LogP contribution in [0, 0.1) is 0 Å². The molecule has 0 saturated carbocycles. The van der Waals surface area contributed by atoms with Crippen LogP contribution < -0.4 is 5.73 Å². The number of aryl methyl sites for hydroxylation is 1. The van der Waals surface area contributed by atoms with Crippen LogP contribution in [0.2, 0.25) is 0 Å². The summed E-state index contributed by atoms with van der Waals surface area (Å²) in [4.78, 5) is 1.75. The highest BCUT2D eigenvalue weighted by atomic mass is 32.1. The molecular weight excluding hydrogens is 150 g/mol. The largest absolute Gasteiger partial charge is 0.393 e. The molecule has 0 aliphatic carbocycles. The molecule has 1 heterocycles. The topological polar surface area (TPSA) is 69.6 Å². The smallest absolute Gasteiger partial charge is 0.181 e. The first kappa shape index (κ1) is 7.07. The van der Waals surface area contributed by atoms with Gasteiger partial charge in [-0.1, -0.05) is 12.2 Å². The normalized spacial score (nSPS) is 9.70. The van der Waals surface area contributed by atoms with Gasteiger partial charge in [-0.3, -0.25) is 0 Å². The van der Waals surface area contributed by atoms with Gasteiger partial charge in [-0.2, -0.15) is 4.80 Å². The Hall–Kier alpha value is -1.04. The molecule has 0 fully saturated rings. The Balaban J connectivity index is 2.67. The SMILES string of the molecule is Cn1nnc(CC(N)=S)n1. The Bertz CT molecular complexity index is 242. The molecular formula is C4H7N5S. The minimum Gasteiger partial charge on any atom is -0.393 e. The van der Waals surface area contributed by atoms with Crippen LogP contribution in [-0.4, -0.2) is 25.2 Å². The number of aromatic nitrogens is 4. The second kappa shape index (κ2) is 2.70. The van der Waals surface area contributed by atoms with Crippen LogP contribution in [0.25, 0.3) is 0 Å². The summed E-state index contributed by atoms with van der Waals surface area (Å²) in [5.41, 5.74) is 5.25. The van der Waals surface area contributed by atoms with Gasteiger partial charge in [0.2, 0.25) is 0 Å². The van der Waals surface area contributed by atoms with E-state index in [1.165, 1.54) is 4.80 Å². The third kappa shape index (κ3) is 1.73. The average Bonchev–Trinajstić information content (AvgIpc) is 2.13. The Morgan fingerprint density at radius 2 is 2.50 bits per heavy atom. The Morgan fingerprint density at radius 3 is 2.90 bits per heavy atom. The van der Waals surface area contributed by atoms with Gasteiger partial charge in [0.15, 0.2) is 5.82 Å². The van der Waals surface area contributed by atoms with Gasteiger partial charge in [-0.25, -0.2) is 0 Å². The lowest BCUT2D eigenvalue weighted by Crippen LogP contribution is -2.12. The average molecular weight is 157 g/mol. The van der Waals surface area contributed by atoms with E-state index in [9.17, 15) is 0 Å². The van der Waals surface area contributed by atoms with Gasteiger partial charge in [0.05, 0.1) is 18.5 Å². The molecule has 0 radical (unpaired) electrons. The quantitative estimate of drug-likeness (QED) is 0.560. The number of rotatable bonds is 2. The zero-order valence-electron chi connectivity index (χ0n) is 5.48. The van der Waals surface area contributed by atoms with Crippen molar-refractivity contribution in [2.24, 2.45) is 12.8 Å². The molecule has 0 atom stereocenters. The van der Waals surface area contributed by atoms with E-state index in [0.717, 1.165) is 0 Å². The minimum absolute atomic E-state index is 0.382. The maximum absolute atomic E-state index is 5.25. The molecule has 1 aromatic rings.